The molecule has 184 valence electrons. The molecule has 0 atom stereocenters. The van der Waals surface area contributed by atoms with Crippen LogP contribution in [0, 0.1) is 0 Å². The maximum Gasteiger partial charge on any atom is 0.272 e. The Balaban J connectivity index is 1.34. The van der Waals surface area contributed by atoms with E-state index in [0.717, 1.165) is 31.0 Å². The summed E-state index contributed by atoms with van der Waals surface area (Å²) < 4.78 is 3.65. The topological polar surface area (TPSA) is 46.3 Å². The van der Waals surface area contributed by atoms with Crippen LogP contribution in [0.4, 0.5) is 0 Å². The molecule has 0 unspecified atom stereocenters. The van der Waals surface area contributed by atoms with E-state index in [1.54, 1.807) is 16.8 Å². The zero-order chi connectivity index (χ0) is 25.1. The van der Waals surface area contributed by atoms with Gasteiger partial charge in [0.25, 0.3) is 5.91 Å². The Bertz CT molecular complexity index is 1380. The lowest BCUT2D eigenvalue weighted by atomic mass is 10.2. The van der Waals surface area contributed by atoms with E-state index in [-0.39, 0.29) is 5.91 Å². The van der Waals surface area contributed by atoms with Gasteiger partial charge in [-0.2, -0.15) is 5.10 Å². The number of amides is 1. The van der Waals surface area contributed by atoms with E-state index in [9.17, 15) is 4.79 Å². The van der Waals surface area contributed by atoms with E-state index in [1.807, 2.05) is 65.2 Å². The van der Waals surface area contributed by atoms with Crippen molar-refractivity contribution in [2.75, 3.05) is 32.7 Å². The second-order valence-electron chi connectivity index (χ2n) is 8.84. The molecule has 2 aromatic carbocycles. The summed E-state index contributed by atoms with van der Waals surface area (Å²) in [6.07, 6.45) is 6.28. The second-order valence-corrected chi connectivity index (χ2v) is 9.65. The molecule has 0 radical (unpaired) electrons. The summed E-state index contributed by atoms with van der Waals surface area (Å²) in [4.78, 5) is 17.9. The van der Waals surface area contributed by atoms with Crippen molar-refractivity contribution in [2.45, 2.75) is 0 Å². The van der Waals surface area contributed by atoms with Crippen LogP contribution < -0.4 is 0 Å². The molecule has 1 fully saturated rings. The zero-order valence-electron chi connectivity index (χ0n) is 20.0. The van der Waals surface area contributed by atoms with Crippen LogP contribution >= 0.6 is 23.2 Å². The molecule has 0 aliphatic carbocycles. The van der Waals surface area contributed by atoms with Gasteiger partial charge in [-0.25, -0.2) is 4.68 Å². The number of hydrogen-bond acceptors (Lipinski definition) is 3. The predicted molar refractivity (Wildman–Crippen MR) is 146 cm³/mol. The van der Waals surface area contributed by atoms with Crippen LogP contribution in [0.5, 0.6) is 0 Å². The maximum absolute atomic E-state index is 13.7. The van der Waals surface area contributed by atoms with E-state index in [4.69, 9.17) is 28.3 Å². The Hall–Kier alpha value is -3.32. The van der Waals surface area contributed by atoms with Crippen molar-refractivity contribution in [3.05, 3.63) is 100 Å². The monoisotopic (exact) mass is 519 g/mol. The molecule has 1 aliphatic heterocycles. The van der Waals surface area contributed by atoms with Gasteiger partial charge in [0.2, 0.25) is 0 Å². The summed E-state index contributed by atoms with van der Waals surface area (Å²) >= 11 is 12.4. The summed E-state index contributed by atoms with van der Waals surface area (Å²) in [5, 5.41) is 5.66. The molecule has 8 heteroatoms. The molecule has 0 spiro atoms. The van der Waals surface area contributed by atoms with Gasteiger partial charge in [-0.15, -0.1) is 0 Å². The average Bonchev–Trinajstić information content (AvgIpc) is 3.53. The lowest BCUT2D eigenvalue weighted by molar-refractivity contribution is 0.0641. The zero-order valence-corrected chi connectivity index (χ0v) is 21.5. The average molecular weight is 520 g/mol. The number of nitrogens with zero attached hydrogens (tertiary/aromatic N) is 5. The Labute approximate surface area is 221 Å². The molecule has 0 saturated carbocycles. The Morgan fingerprint density at radius 1 is 0.944 bits per heavy atom. The van der Waals surface area contributed by atoms with Crippen LogP contribution in [0.15, 0.2) is 79.0 Å². The number of benzene rings is 2. The van der Waals surface area contributed by atoms with Crippen LogP contribution in [0.25, 0.3) is 23.2 Å². The third-order valence-electron chi connectivity index (χ3n) is 6.42. The first kappa shape index (κ1) is 24.4. The predicted octanol–water partition coefficient (Wildman–Crippen LogP) is 5.66. The van der Waals surface area contributed by atoms with Crippen LogP contribution in [-0.2, 0) is 7.05 Å². The number of halogens is 2. The molecule has 1 saturated heterocycles. The smallest absolute Gasteiger partial charge is 0.272 e. The van der Waals surface area contributed by atoms with E-state index in [2.05, 4.69) is 29.2 Å². The first-order chi connectivity index (χ1) is 17.5. The third-order valence-corrected chi connectivity index (χ3v) is 7.15. The normalized spacial score (nSPS) is 14.6. The maximum atomic E-state index is 13.7. The molecule has 0 N–H and O–H groups in total. The van der Waals surface area contributed by atoms with Crippen molar-refractivity contribution < 1.29 is 4.79 Å². The van der Waals surface area contributed by atoms with Crippen molar-refractivity contribution in [1.82, 2.24) is 24.1 Å². The van der Waals surface area contributed by atoms with Crippen LogP contribution in [0.2, 0.25) is 10.0 Å². The van der Waals surface area contributed by atoms with E-state index in [1.165, 1.54) is 5.56 Å². The molecule has 2 aromatic heterocycles. The van der Waals surface area contributed by atoms with Crippen molar-refractivity contribution in [2.24, 2.45) is 7.05 Å². The van der Waals surface area contributed by atoms with Gasteiger partial charge >= 0.3 is 0 Å². The fourth-order valence-electron chi connectivity index (χ4n) is 4.40. The highest BCUT2D eigenvalue weighted by Crippen LogP contribution is 2.28. The molecule has 1 amide bonds. The number of carbonyl (C=O) groups is 1. The van der Waals surface area contributed by atoms with Crippen molar-refractivity contribution in [3.63, 3.8) is 0 Å². The largest absolute Gasteiger partial charge is 0.349 e. The molecule has 3 heterocycles. The van der Waals surface area contributed by atoms with Crippen molar-refractivity contribution in [1.29, 1.82) is 0 Å². The van der Waals surface area contributed by atoms with Gasteiger partial charge in [0.1, 0.15) is 11.4 Å². The highest BCUT2D eigenvalue weighted by molar-refractivity contribution is 6.42. The third kappa shape index (κ3) is 5.26. The quantitative estimate of drug-likeness (QED) is 0.330. The van der Waals surface area contributed by atoms with E-state index >= 15 is 0 Å². The van der Waals surface area contributed by atoms with Crippen LogP contribution in [-0.4, -0.2) is 62.8 Å². The number of hydrogen-bond donors (Lipinski definition) is 0. The molecule has 1 aliphatic rings. The Morgan fingerprint density at radius 2 is 1.72 bits per heavy atom. The van der Waals surface area contributed by atoms with Gasteiger partial charge in [0.15, 0.2) is 0 Å². The van der Waals surface area contributed by atoms with Gasteiger partial charge in [-0.05, 0) is 42.0 Å². The summed E-state index contributed by atoms with van der Waals surface area (Å²) in [7, 11) is 1.96. The number of piperazine rings is 1. The van der Waals surface area contributed by atoms with Crippen LogP contribution in [0.3, 0.4) is 0 Å². The number of aryl methyl sites for hydroxylation is 1. The van der Waals surface area contributed by atoms with Crippen LogP contribution in [0.1, 0.15) is 16.1 Å². The number of carbonyl (C=O) groups excluding carboxylic acids is 1. The van der Waals surface area contributed by atoms with E-state index in [0.29, 0.717) is 34.5 Å². The minimum Gasteiger partial charge on any atom is -0.349 e. The lowest BCUT2D eigenvalue weighted by Gasteiger charge is -2.34. The van der Waals surface area contributed by atoms with Gasteiger partial charge in [-0.3, -0.25) is 9.69 Å². The summed E-state index contributed by atoms with van der Waals surface area (Å²) in [6, 6.07) is 21.4. The first-order valence-corrected chi connectivity index (χ1v) is 12.7. The fraction of sp³-hybridized carbons (Fsp3) is 0.214. The molecule has 5 rings (SSSR count). The highest BCUT2D eigenvalue weighted by Gasteiger charge is 2.26. The van der Waals surface area contributed by atoms with Gasteiger partial charge < -0.3 is 9.47 Å². The number of aromatic nitrogens is 3. The minimum absolute atomic E-state index is 0.0477. The summed E-state index contributed by atoms with van der Waals surface area (Å²) in [6.45, 7) is 3.80. The minimum atomic E-state index is -0.0477. The second kappa shape index (κ2) is 10.7. The van der Waals surface area contributed by atoms with Gasteiger partial charge in [0, 0.05) is 46.0 Å². The summed E-state index contributed by atoms with van der Waals surface area (Å²) in [5.41, 5.74) is 4.04. The van der Waals surface area contributed by atoms with Gasteiger partial charge in [-0.1, -0.05) is 65.7 Å². The molecule has 0 bridgehead atoms. The van der Waals surface area contributed by atoms with Crippen molar-refractivity contribution >= 4 is 35.2 Å². The molecule has 6 nitrogen and oxygen atoms in total. The highest BCUT2D eigenvalue weighted by atomic mass is 35.5. The molecule has 4 aromatic rings. The number of rotatable bonds is 6. The van der Waals surface area contributed by atoms with Gasteiger partial charge in [0.05, 0.1) is 21.4 Å². The fourth-order valence-corrected chi connectivity index (χ4v) is 4.69. The van der Waals surface area contributed by atoms with Crippen molar-refractivity contribution in [3.8, 4) is 17.1 Å². The molecule has 36 heavy (non-hydrogen) atoms. The standard InChI is InChI=1S/C28H27Cl2N5O/c1-32-13-6-10-26(32)25-20-27(35(31-25)22-11-12-23(29)24(30)19-22)28(36)34-17-15-33(16-18-34)14-5-9-21-7-3-2-4-8-21/h2-13,19-20H,14-18H2,1H3/b9-5+. The lowest BCUT2D eigenvalue weighted by Crippen LogP contribution is -2.49. The Kier molecular flexibility index (Phi) is 7.28. The van der Waals surface area contributed by atoms with E-state index < -0.39 is 0 Å². The molecular weight excluding hydrogens is 493 g/mol. The Morgan fingerprint density at radius 3 is 2.42 bits per heavy atom. The SMILES string of the molecule is Cn1cccc1-c1cc(C(=O)N2CCN(C/C=C/c3ccccc3)CC2)n(-c2ccc(Cl)c(Cl)c2)n1. The summed E-state index contributed by atoms with van der Waals surface area (Å²) in [5.74, 6) is -0.0477. The molecular formula is C28H27Cl2N5O. The first-order valence-electron chi connectivity index (χ1n) is 11.9.